The van der Waals surface area contributed by atoms with E-state index in [1.54, 1.807) is 33.5 Å². The highest BCUT2D eigenvalue weighted by atomic mass is 16.5. The van der Waals surface area contributed by atoms with E-state index >= 15 is 0 Å². The van der Waals surface area contributed by atoms with E-state index in [-0.39, 0.29) is 11.9 Å². The Kier molecular flexibility index (Phi) is 9.22. The number of amides is 1. The largest absolute Gasteiger partial charge is 0.497 e. The van der Waals surface area contributed by atoms with Crippen molar-refractivity contribution < 1.29 is 19.0 Å². The Balaban J connectivity index is 2.11. The third kappa shape index (κ3) is 6.26. The van der Waals surface area contributed by atoms with Crippen LogP contribution in [-0.2, 0) is 4.79 Å². The minimum atomic E-state index is -0.159. The number of nitrogens with zero attached hydrogens (tertiary/aromatic N) is 1. The van der Waals surface area contributed by atoms with E-state index < -0.39 is 0 Å². The van der Waals surface area contributed by atoms with Crippen LogP contribution in [0.1, 0.15) is 31.0 Å². The second-order valence-electron chi connectivity index (χ2n) is 6.70. The van der Waals surface area contributed by atoms with Gasteiger partial charge in [-0.05, 0) is 49.0 Å². The van der Waals surface area contributed by atoms with Crippen LogP contribution in [0, 0.1) is 0 Å². The molecule has 6 nitrogen and oxygen atoms in total. The number of likely N-dealkylation sites (N-methyl/N-ethyl adjacent to an activating group) is 1. The summed E-state index contributed by atoms with van der Waals surface area (Å²) in [6.45, 7) is 6.50. The second-order valence-corrected chi connectivity index (χ2v) is 6.70. The van der Waals surface area contributed by atoms with Crippen LogP contribution in [0.15, 0.2) is 48.5 Å². The van der Waals surface area contributed by atoms with Gasteiger partial charge in [-0.1, -0.05) is 26.0 Å². The van der Waals surface area contributed by atoms with Gasteiger partial charge in [0.1, 0.15) is 17.2 Å². The molecule has 1 N–H and O–H groups in total. The molecule has 0 bridgehead atoms. The summed E-state index contributed by atoms with van der Waals surface area (Å²) in [7, 11) is 4.85. The van der Waals surface area contributed by atoms with Crippen LogP contribution < -0.4 is 19.5 Å². The molecule has 0 aliphatic rings. The molecular formula is C24H32N2O4. The van der Waals surface area contributed by atoms with Gasteiger partial charge in [0.05, 0.1) is 27.4 Å². The van der Waals surface area contributed by atoms with E-state index in [0.717, 1.165) is 30.0 Å². The van der Waals surface area contributed by atoms with E-state index in [4.69, 9.17) is 14.2 Å². The molecule has 1 unspecified atom stereocenters. The molecule has 0 saturated carbocycles. The molecule has 0 aromatic heterocycles. The maximum Gasteiger partial charge on any atom is 0.244 e. The fourth-order valence-corrected chi connectivity index (χ4v) is 3.35. The minimum absolute atomic E-state index is 0.0583. The van der Waals surface area contributed by atoms with Crippen molar-refractivity contribution in [2.24, 2.45) is 0 Å². The van der Waals surface area contributed by atoms with Gasteiger partial charge in [-0.15, -0.1) is 0 Å². The summed E-state index contributed by atoms with van der Waals surface area (Å²) in [5, 5.41) is 3.02. The molecule has 1 amide bonds. The summed E-state index contributed by atoms with van der Waals surface area (Å²) in [5.41, 5.74) is 1.92. The van der Waals surface area contributed by atoms with Crippen LogP contribution in [0.5, 0.6) is 17.2 Å². The molecule has 0 radical (unpaired) electrons. The summed E-state index contributed by atoms with van der Waals surface area (Å²) in [6.07, 6.45) is 3.26. The standard InChI is InChI=1S/C24H32N2O4/c1-6-26(7-2)22(19-9-8-10-20(15-19)28-3)17-25-24(27)14-12-18-11-13-21(29-4)16-23(18)30-5/h8-16,22H,6-7,17H2,1-5H3,(H,25,27)/b14-12+. The predicted molar refractivity (Wildman–Crippen MR) is 120 cm³/mol. The summed E-state index contributed by atoms with van der Waals surface area (Å²) in [4.78, 5) is 14.8. The number of carbonyl (C=O) groups is 1. The number of nitrogens with one attached hydrogen (secondary N) is 1. The van der Waals surface area contributed by atoms with Crippen molar-refractivity contribution in [3.63, 3.8) is 0 Å². The predicted octanol–water partition coefficient (Wildman–Crippen LogP) is 3.92. The molecule has 6 heteroatoms. The van der Waals surface area contributed by atoms with E-state index in [1.807, 2.05) is 30.3 Å². The zero-order chi connectivity index (χ0) is 21.9. The Bertz CT molecular complexity index is 847. The Morgan fingerprint density at radius 1 is 1.00 bits per heavy atom. The molecule has 1 atom stereocenters. The molecule has 162 valence electrons. The van der Waals surface area contributed by atoms with E-state index in [1.165, 1.54) is 6.08 Å². The number of benzene rings is 2. The molecule has 0 fully saturated rings. The van der Waals surface area contributed by atoms with Gasteiger partial charge >= 0.3 is 0 Å². The fourth-order valence-electron chi connectivity index (χ4n) is 3.35. The van der Waals surface area contributed by atoms with Crippen molar-refractivity contribution >= 4 is 12.0 Å². The van der Waals surface area contributed by atoms with Crippen LogP contribution in [0.4, 0.5) is 0 Å². The fraction of sp³-hybridized carbons (Fsp3) is 0.375. The molecule has 0 spiro atoms. The number of carbonyl (C=O) groups excluding carboxylic acids is 1. The number of hydrogen-bond donors (Lipinski definition) is 1. The lowest BCUT2D eigenvalue weighted by Gasteiger charge is -2.30. The first kappa shape index (κ1) is 23.3. The molecule has 0 aliphatic heterocycles. The van der Waals surface area contributed by atoms with Gasteiger partial charge in [0.2, 0.25) is 5.91 Å². The zero-order valence-electron chi connectivity index (χ0n) is 18.5. The third-order valence-corrected chi connectivity index (χ3v) is 5.06. The first-order valence-corrected chi connectivity index (χ1v) is 10.1. The summed E-state index contributed by atoms with van der Waals surface area (Å²) in [6, 6.07) is 13.5. The molecule has 0 aliphatic carbocycles. The Morgan fingerprint density at radius 3 is 2.33 bits per heavy atom. The van der Waals surface area contributed by atoms with Crippen molar-refractivity contribution in [2.45, 2.75) is 19.9 Å². The lowest BCUT2D eigenvalue weighted by Crippen LogP contribution is -2.37. The lowest BCUT2D eigenvalue weighted by molar-refractivity contribution is -0.116. The van der Waals surface area contributed by atoms with Crippen LogP contribution in [-0.4, -0.2) is 51.8 Å². The van der Waals surface area contributed by atoms with Crippen molar-refractivity contribution in [3.8, 4) is 17.2 Å². The molecule has 30 heavy (non-hydrogen) atoms. The van der Waals surface area contributed by atoms with Gasteiger partial charge in [0.15, 0.2) is 0 Å². The SMILES string of the molecule is CCN(CC)C(CNC(=O)/C=C/c1ccc(OC)cc1OC)c1cccc(OC)c1. The average Bonchev–Trinajstić information content (AvgIpc) is 2.80. The van der Waals surface area contributed by atoms with Crippen molar-refractivity contribution in [1.29, 1.82) is 0 Å². The Labute approximate surface area is 179 Å². The number of ether oxygens (including phenoxy) is 3. The quantitative estimate of drug-likeness (QED) is 0.567. The molecule has 0 heterocycles. The van der Waals surface area contributed by atoms with Crippen LogP contribution in [0.2, 0.25) is 0 Å². The van der Waals surface area contributed by atoms with Gasteiger partial charge in [-0.3, -0.25) is 9.69 Å². The maximum atomic E-state index is 12.5. The van der Waals surface area contributed by atoms with Crippen molar-refractivity contribution in [2.75, 3.05) is 41.0 Å². The zero-order valence-corrected chi connectivity index (χ0v) is 18.5. The normalized spacial score (nSPS) is 12.1. The monoisotopic (exact) mass is 412 g/mol. The Morgan fingerprint density at radius 2 is 1.70 bits per heavy atom. The lowest BCUT2D eigenvalue weighted by atomic mass is 10.0. The van der Waals surface area contributed by atoms with Gasteiger partial charge in [0, 0.05) is 24.3 Å². The molecule has 2 rings (SSSR count). The number of methoxy groups -OCH3 is 3. The van der Waals surface area contributed by atoms with Crippen LogP contribution in [0.3, 0.4) is 0 Å². The molecular weight excluding hydrogens is 380 g/mol. The highest BCUT2D eigenvalue weighted by Gasteiger charge is 2.19. The maximum absolute atomic E-state index is 12.5. The molecule has 0 saturated heterocycles. The van der Waals surface area contributed by atoms with Crippen molar-refractivity contribution in [1.82, 2.24) is 10.2 Å². The van der Waals surface area contributed by atoms with E-state index in [9.17, 15) is 4.79 Å². The smallest absolute Gasteiger partial charge is 0.244 e. The van der Waals surface area contributed by atoms with E-state index in [2.05, 4.69) is 30.1 Å². The van der Waals surface area contributed by atoms with Gasteiger partial charge in [-0.25, -0.2) is 0 Å². The Hall–Kier alpha value is -2.99. The molecule has 2 aromatic rings. The first-order chi connectivity index (χ1) is 14.6. The first-order valence-electron chi connectivity index (χ1n) is 10.1. The highest BCUT2D eigenvalue weighted by Crippen LogP contribution is 2.26. The average molecular weight is 413 g/mol. The second kappa shape index (κ2) is 11.9. The summed E-state index contributed by atoms with van der Waals surface area (Å²) >= 11 is 0. The summed E-state index contributed by atoms with van der Waals surface area (Å²) < 4.78 is 16.0. The topological polar surface area (TPSA) is 60.0 Å². The number of hydrogen-bond acceptors (Lipinski definition) is 5. The highest BCUT2D eigenvalue weighted by molar-refractivity contribution is 5.92. The molecule has 2 aromatic carbocycles. The minimum Gasteiger partial charge on any atom is -0.497 e. The third-order valence-electron chi connectivity index (χ3n) is 5.06. The van der Waals surface area contributed by atoms with Crippen LogP contribution in [0.25, 0.3) is 6.08 Å². The van der Waals surface area contributed by atoms with Gasteiger partial charge in [-0.2, -0.15) is 0 Å². The van der Waals surface area contributed by atoms with Crippen molar-refractivity contribution in [3.05, 3.63) is 59.7 Å². The van der Waals surface area contributed by atoms with Gasteiger partial charge < -0.3 is 19.5 Å². The van der Waals surface area contributed by atoms with E-state index in [0.29, 0.717) is 18.0 Å². The number of rotatable bonds is 11. The van der Waals surface area contributed by atoms with Gasteiger partial charge in [0.25, 0.3) is 0 Å². The summed E-state index contributed by atoms with van der Waals surface area (Å²) in [5.74, 6) is 2.00. The van der Waals surface area contributed by atoms with Crippen LogP contribution >= 0.6 is 0 Å².